The highest BCUT2D eigenvalue weighted by Gasteiger charge is 2.14. The fraction of sp³-hybridized carbons (Fsp3) is 0.0588. The van der Waals surface area contributed by atoms with Crippen LogP contribution in [0.2, 0.25) is 0 Å². The van der Waals surface area contributed by atoms with Gasteiger partial charge in [-0.25, -0.2) is 0 Å². The second kappa shape index (κ2) is 5.84. The standard InChI is InChI=1S/C17H15N3O3/c1-23-11-6-7-13-10(8-11)9-15(19-13)17(22)20-14-5-3-2-4-12(14)16(18)21/h2-9,19H,1H3,(H2,18,21)(H,20,22). The number of ether oxygens (including phenoxy) is 1. The number of carbonyl (C=O) groups excluding carboxylic acids is 2. The van der Waals surface area contributed by atoms with E-state index in [-0.39, 0.29) is 11.5 Å². The smallest absolute Gasteiger partial charge is 0.272 e. The van der Waals surface area contributed by atoms with Crippen molar-refractivity contribution in [1.29, 1.82) is 0 Å². The normalized spacial score (nSPS) is 10.5. The molecule has 0 aliphatic rings. The highest BCUT2D eigenvalue weighted by molar-refractivity contribution is 6.09. The Morgan fingerprint density at radius 2 is 1.91 bits per heavy atom. The molecule has 0 saturated heterocycles. The summed E-state index contributed by atoms with van der Waals surface area (Å²) in [5.41, 5.74) is 7.15. The van der Waals surface area contributed by atoms with E-state index >= 15 is 0 Å². The number of aromatic nitrogens is 1. The summed E-state index contributed by atoms with van der Waals surface area (Å²) in [6.45, 7) is 0. The van der Waals surface area contributed by atoms with Crippen LogP contribution in [0.1, 0.15) is 20.8 Å². The first-order chi connectivity index (χ1) is 11.1. The number of hydrogen-bond donors (Lipinski definition) is 3. The minimum atomic E-state index is -0.595. The zero-order valence-electron chi connectivity index (χ0n) is 12.4. The molecule has 0 spiro atoms. The topological polar surface area (TPSA) is 97.2 Å². The third kappa shape index (κ3) is 2.87. The Balaban J connectivity index is 1.90. The number of rotatable bonds is 4. The molecule has 0 radical (unpaired) electrons. The van der Waals surface area contributed by atoms with Gasteiger partial charge in [0.25, 0.3) is 11.8 Å². The van der Waals surface area contributed by atoms with Gasteiger partial charge in [-0.3, -0.25) is 9.59 Å². The van der Waals surface area contributed by atoms with Crippen molar-refractivity contribution in [1.82, 2.24) is 4.98 Å². The van der Waals surface area contributed by atoms with E-state index in [1.807, 2.05) is 18.2 Å². The van der Waals surface area contributed by atoms with Gasteiger partial charge in [0.15, 0.2) is 0 Å². The number of anilines is 1. The van der Waals surface area contributed by atoms with E-state index in [0.717, 1.165) is 10.9 Å². The van der Waals surface area contributed by atoms with Gasteiger partial charge in [0.2, 0.25) is 0 Å². The minimum absolute atomic E-state index is 0.263. The highest BCUT2D eigenvalue weighted by atomic mass is 16.5. The Kier molecular flexibility index (Phi) is 3.72. The first-order valence-electron chi connectivity index (χ1n) is 6.95. The third-order valence-electron chi connectivity index (χ3n) is 3.51. The predicted octanol–water partition coefficient (Wildman–Crippen LogP) is 2.53. The number of H-pyrrole nitrogens is 1. The van der Waals surface area contributed by atoms with Crippen molar-refractivity contribution in [2.75, 3.05) is 12.4 Å². The van der Waals surface area contributed by atoms with Gasteiger partial charge < -0.3 is 20.8 Å². The van der Waals surface area contributed by atoms with E-state index < -0.39 is 5.91 Å². The lowest BCUT2D eigenvalue weighted by molar-refractivity contribution is 0.100. The molecule has 3 rings (SSSR count). The molecular weight excluding hydrogens is 294 g/mol. The lowest BCUT2D eigenvalue weighted by atomic mass is 10.1. The number of benzene rings is 2. The van der Waals surface area contributed by atoms with Crippen LogP contribution >= 0.6 is 0 Å². The summed E-state index contributed by atoms with van der Waals surface area (Å²) < 4.78 is 5.16. The number of hydrogen-bond acceptors (Lipinski definition) is 3. The van der Waals surface area contributed by atoms with Crippen molar-refractivity contribution in [3.8, 4) is 5.75 Å². The largest absolute Gasteiger partial charge is 0.497 e. The Bertz CT molecular complexity index is 899. The summed E-state index contributed by atoms with van der Waals surface area (Å²) in [4.78, 5) is 26.8. The molecule has 0 bridgehead atoms. The number of nitrogens with one attached hydrogen (secondary N) is 2. The first kappa shape index (κ1) is 14.6. The average Bonchev–Trinajstić information content (AvgIpc) is 2.98. The zero-order chi connectivity index (χ0) is 16.4. The number of methoxy groups -OCH3 is 1. The number of nitrogens with two attached hydrogens (primary N) is 1. The van der Waals surface area contributed by atoms with Gasteiger partial charge in [-0.2, -0.15) is 0 Å². The van der Waals surface area contributed by atoms with Crippen LogP contribution in [0.5, 0.6) is 5.75 Å². The van der Waals surface area contributed by atoms with E-state index in [1.54, 1.807) is 37.4 Å². The van der Waals surface area contributed by atoms with Gasteiger partial charge in [-0.05, 0) is 36.4 Å². The van der Waals surface area contributed by atoms with Gasteiger partial charge in [0, 0.05) is 10.9 Å². The summed E-state index contributed by atoms with van der Waals surface area (Å²) in [7, 11) is 1.59. The lowest BCUT2D eigenvalue weighted by Crippen LogP contribution is -2.18. The molecule has 0 saturated carbocycles. The molecule has 23 heavy (non-hydrogen) atoms. The Morgan fingerprint density at radius 1 is 1.13 bits per heavy atom. The summed E-state index contributed by atoms with van der Waals surface area (Å²) in [5, 5.41) is 3.55. The number of fused-ring (bicyclic) bond motifs is 1. The second-order valence-corrected chi connectivity index (χ2v) is 5.00. The fourth-order valence-electron chi connectivity index (χ4n) is 2.36. The van der Waals surface area contributed by atoms with Crippen LogP contribution in [-0.4, -0.2) is 23.9 Å². The van der Waals surface area contributed by atoms with Gasteiger partial charge in [0.05, 0.1) is 18.4 Å². The van der Waals surface area contributed by atoms with Crippen molar-refractivity contribution in [2.45, 2.75) is 0 Å². The van der Waals surface area contributed by atoms with Gasteiger partial charge in [-0.1, -0.05) is 12.1 Å². The Morgan fingerprint density at radius 3 is 2.65 bits per heavy atom. The number of aromatic amines is 1. The molecule has 0 atom stereocenters. The van der Waals surface area contributed by atoms with E-state index in [1.165, 1.54) is 0 Å². The molecule has 2 amide bonds. The highest BCUT2D eigenvalue weighted by Crippen LogP contribution is 2.22. The van der Waals surface area contributed by atoms with E-state index in [4.69, 9.17) is 10.5 Å². The summed E-state index contributed by atoms with van der Waals surface area (Å²) >= 11 is 0. The number of primary amides is 1. The van der Waals surface area contributed by atoms with Crippen LogP contribution in [0, 0.1) is 0 Å². The molecule has 116 valence electrons. The van der Waals surface area contributed by atoms with Crippen molar-refractivity contribution >= 4 is 28.4 Å². The van der Waals surface area contributed by atoms with Crippen molar-refractivity contribution in [3.05, 3.63) is 59.8 Å². The molecule has 3 aromatic rings. The van der Waals surface area contributed by atoms with Gasteiger partial charge in [0.1, 0.15) is 11.4 Å². The molecule has 6 nitrogen and oxygen atoms in total. The Labute approximate surface area is 132 Å². The molecule has 1 heterocycles. The third-order valence-corrected chi connectivity index (χ3v) is 3.51. The molecule has 4 N–H and O–H groups in total. The average molecular weight is 309 g/mol. The van der Waals surface area contributed by atoms with E-state index in [2.05, 4.69) is 10.3 Å². The summed E-state index contributed by atoms with van der Waals surface area (Å²) in [6, 6.07) is 13.8. The van der Waals surface area contributed by atoms with Crippen LogP contribution in [0.25, 0.3) is 10.9 Å². The van der Waals surface area contributed by atoms with Crippen molar-refractivity contribution in [2.24, 2.45) is 5.73 Å². The van der Waals surface area contributed by atoms with Crippen molar-refractivity contribution < 1.29 is 14.3 Å². The van der Waals surface area contributed by atoms with Crippen LogP contribution in [0.15, 0.2) is 48.5 Å². The lowest BCUT2D eigenvalue weighted by Gasteiger charge is -2.07. The Hall–Kier alpha value is -3.28. The van der Waals surface area contributed by atoms with Gasteiger partial charge in [-0.15, -0.1) is 0 Å². The van der Waals surface area contributed by atoms with Crippen LogP contribution in [0.4, 0.5) is 5.69 Å². The number of amides is 2. The first-order valence-corrected chi connectivity index (χ1v) is 6.95. The van der Waals surface area contributed by atoms with Gasteiger partial charge >= 0.3 is 0 Å². The molecule has 1 aromatic heterocycles. The maximum Gasteiger partial charge on any atom is 0.272 e. The quantitative estimate of drug-likeness (QED) is 0.690. The molecule has 0 aliphatic carbocycles. The molecule has 0 unspecified atom stereocenters. The minimum Gasteiger partial charge on any atom is -0.497 e. The number of para-hydroxylation sites is 1. The van der Waals surface area contributed by atoms with E-state index in [0.29, 0.717) is 17.1 Å². The molecule has 0 aliphatic heterocycles. The molecule has 6 heteroatoms. The molecule has 2 aromatic carbocycles. The fourth-order valence-corrected chi connectivity index (χ4v) is 2.36. The monoisotopic (exact) mass is 309 g/mol. The molecular formula is C17H15N3O3. The maximum atomic E-state index is 12.4. The predicted molar refractivity (Wildman–Crippen MR) is 87.8 cm³/mol. The summed E-state index contributed by atoms with van der Waals surface area (Å²) in [5.74, 6) is -0.237. The van der Waals surface area contributed by atoms with Crippen molar-refractivity contribution in [3.63, 3.8) is 0 Å². The zero-order valence-corrected chi connectivity index (χ0v) is 12.4. The molecule has 0 fully saturated rings. The van der Waals surface area contributed by atoms with E-state index in [9.17, 15) is 9.59 Å². The maximum absolute atomic E-state index is 12.4. The van der Waals surface area contributed by atoms with Crippen LogP contribution in [-0.2, 0) is 0 Å². The van der Waals surface area contributed by atoms with Crippen LogP contribution in [0.3, 0.4) is 0 Å². The SMILES string of the molecule is COc1ccc2[nH]c(C(=O)Nc3ccccc3C(N)=O)cc2c1. The van der Waals surface area contributed by atoms with Crippen LogP contribution < -0.4 is 15.8 Å². The summed E-state index contributed by atoms with van der Waals surface area (Å²) in [6.07, 6.45) is 0. The number of carbonyl (C=O) groups is 2. The second-order valence-electron chi connectivity index (χ2n) is 5.00.